The molecule has 0 saturated heterocycles. The summed E-state index contributed by atoms with van der Waals surface area (Å²) in [6.07, 6.45) is 2.27. The van der Waals surface area contributed by atoms with Gasteiger partial charge in [0.1, 0.15) is 0 Å². The predicted octanol–water partition coefficient (Wildman–Crippen LogP) is 4.71. The molecule has 1 unspecified atom stereocenters. The molecule has 0 fully saturated rings. The molecule has 0 saturated carbocycles. The number of aryl methyl sites for hydroxylation is 2. The van der Waals surface area contributed by atoms with Crippen molar-refractivity contribution in [2.24, 2.45) is 0 Å². The molecule has 1 nitrogen and oxygen atoms in total. The summed E-state index contributed by atoms with van der Waals surface area (Å²) in [5.41, 5.74) is 4.16. The summed E-state index contributed by atoms with van der Waals surface area (Å²) in [6.45, 7) is 7.65. The summed E-state index contributed by atoms with van der Waals surface area (Å²) >= 11 is 1.87. The Labute approximate surface area is 120 Å². The van der Waals surface area contributed by atoms with Crippen molar-refractivity contribution in [1.82, 2.24) is 5.32 Å². The lowest BCUT2D eigenvalue weighted by molar-refractivity contribution is 0.602. The molecule has 0 amide bonds. The number of hydrogen-bond donors (Lipinski definition) is 1. The largest absolute Gasteiger partial charge is 0.306 e. The van der Waals surface area contributed by atoms with Crippen molar-refractivity contribution in [2.75, 3.05) is 6.54 Å². The van der Waals surface area contributed by atoms with Crippen molar-refractivity contribution >= 4 is 11.3 Å². The Hall–Kier alpha value is -1.12. The van der Waals surface area contributed by atoms with E-state index in [4.69, 9.17) is 0 Å². The van der Waals surface area contributed by atoms with E-state index in [1.807, 2.05) is 11.3 Å². The molecular formula is C17H23NS. The van der Waals surface area contributed by atoms with Crippen LogP contribution in [-0.4, -0.2) is 6.54 Å². The van der Waals surface area contributed by atoms with Gasteiger partial charge >= 0.3 is 0 Å². The van der Waals surface area contributed by atoms with Gasteiger partial charge in [-0.2, -0.15) is 0 Å². The van der Waals surface area contributed by atoms with Crippen LogP contribution in [0.1, 0.15) is 47.9 Å². The van der Waals surface area contributed by atoms with Crippen LogP contribution in [0.2, 0.25) is 0 Å². The van der Waals surface area contributed by atoms with Gasteiger partial charge in [-0.25, -0.2) is 0 Å². The number of thiophene rings is 1. The van der Waals surface area contributed by atoms with Gasteiger partial charge in [-0.1, -0.05) is 43.7 Å². The molecule has 1 atom stereocenters. The highest BCUT2D eigenvalue weighted by Crippen LogP contribution is 2.30. The third-order valence-corrected chi connectivity index (χ3v) is 4.46. The van der Waals surface area contributed by atoms with Gasteiger partial charge in [-0.05, 0) is 48.9 Å². The fourth-order valence-corrected chi connectivity index (χ4v) is 3.40. The van der Waals surface area contributed by atoms with Crippen LogP contribution in [0.3, 0.4) is 0 Å². The molecular weight excluding hydrogens is 250 g/mol. The lowest BCUT2D eigenvalue weighted by Gasteiger charge is -2.19. The first-order chi connectivity index (χ1) is 9.26. The van der Waals surface area contributed by atoms with Crippen LogP contribution in [0.4, 0.5) is 0 Å². The molecule has 19 heavy (non-hydrogen) atoms. The Morgan fingerprint density at radius 1 is 1.11 bits per heavy atom. The van der Waals surface area contributed by atoms with E-state index >= 15 is 0 Å². The Morgan fingerprint density at radius 2 is 1.84 bits per heavy atom. The van der Waals surface area contributed by atoms with Crippen LogP contribution in [0, 0.1) is 6.92 Å². The third-order valence-electron chi connectivity index (χ3n) is 3.43. The quantitative estimate of drug-likeness (QED) is 0.804. The van der Waals surface area contributed by atoms with E-state index in [0.717, 1.165) is 19.4 Å². The summed E-state index contributed by atoms with van der Waals surface area (Å²) in [7, 11) is 0. The lowest BCUT2D eigenvalue weighted by Crippen LogP contribution is -2.23. The zero-order valence-corrected chi connectivity index (χ0v) is 12.9. The maximum Gasteiger partial charge on any atom is 0.0673 e. The summed E-state index contributed by atoms with van der Waals surface area (Å²) in [4.78, 5) is 1.47. The Kier molecular flexibility index (Phi) is 5.17. The van der Waals surface area contributed by atoms with Crippen LogP contribution in [0.15, 0.2) is 35.7 Å². The fraction of sp³-hybridized carbons (Fsp3) is 0.412. The first-order valence-electron chi connectivity index (χ1n) is 7.12. The van der Waals surface area contributed by atoms with Gasteiger partial charge in [0.05, 0.1) is 6.04 Å². The van der Waals surface area contributed by atoms with Gasteiger partial charge in [-0.3, -0.25) is 0 Å². The van der Waals surface area contributed by atoms with Crippen LogP contribution in [0.25, 0.3) is 0 Å². The molecule has 2 aromatic rings. The van der Waals surface area contributed by atoms with Gasteiger partial charge in [0, 0.05) is 4.88 Å². The molecule has 1 aromatic heterocycles. The first kappa shape index (κ1) is 14.3. The fourth-order valence-electron chi connectivity index (χ4n) is 2.30. The number of nitrogens with one attached hydrogen (secondary N) is 1. The summed E-state index contributed by atoms with van der Waals surface area (Å²) in [5.74, 6) is 0. The van der Waals surface area contributed by atoms with Gasteiger partial charge in [0.25, 0.3) is 0 Å². The topological polar surface area (TPSA) is 12.0 Å². The molecule has 1 heterocycles. The van der Waals surface area contributed by atoms with E-state index < -0.39 is 0 Å². The van der Waals surface area contributed by atoms with E-state index in [1.54, 1.807) is 0 Å². The second-order valence-corrected chi connectivity index (χ2v) is 5.91. The Bertz CT molecular complexity index is 498. The van der Waals surface area contributed by atoms with Gasteiger partial charge in [-0.15, -0.1) is 11.3 Å². The molecule has 0 spiro atoms. The molecule has 2 heteroatoms. The third kappa shape index (κ3) is 3.46. The summed E-state index contributed by atoms with van der Waals surface area (Å²) in [5, 5.41) is 5.90. The molecule has 0 aliphatic rings. The van der Waals surface area contributed by atoms with Crippen molar-refractivity contribution in [3.63, 3.8) is 0 Å². The second kappa shape index (κ2) is 6.88. The molecule has 2 rings (SSSR count). The van der Waals surface area contributed by atoms with E-state index in [9.17, 15) is 0 Å². The lowest BCUT2D eigenvalue weighted by atomic mass is 10.0. The van der Waals surface area contributed by atoms with Crippen molar-refractivity contribution < 1.29 is 0 Å². The molecule has 1 aromatic carbocycles. The minimum atomic E-state index is 0.343. The number of hydrogen-bond acceptors (Lipinski definition) is 2. The smallest absolute Gasteiger partial charge is 0.0673 e. The van der Waals surface area contributed by atoms with Crippen molar-refractivity contribution in [2.45, 2.75) is 39.7 Å². The summed E-state index contributed by atoms with van der Waals surface area (Å²) < 4.78 is 0. The van der Waals surface area contributed by atoms with Crippen LogP contribution in [0.5, 0.6) is 0 Å². The predicted molar refractivity (Wildman–Crippen MR) is 85.0 cm³/mol. The molecule has 0 aliphatic heterocycles. The standard InChI is InChI=1S/C17H23NS/c1-4-11-18-16(15-8-6-13(3)7-9-15)17-14(5-2)10-12-19-17/h6-10,12,16,18H,4-5,11H2,1-3H3. The van der Waals surface area contributed by atoms with Crippen LogP contribution in [-0.2, 0) is 6.42 Å². The van der Waals surface area contributed by atoms with Crippen molar-refractivity contribution in [1.29, 1.82) is 0 Å². The van der Waals surface area contributed by atoms with Gasteiger partial charge in [0.15, 0.2) is 0 Å². The average molecular weight is 273 g/mol. The molecule has 1 N–H and O–H groups in total. The minimum Gasteiger partial charge on any atom is -0.306 e. The molecule has 0 bridgehead atoms. The van der Waals surface area contributed by atoms with Gasteiger partial charge in [0.2, 0.25) is 0 Å². The van der Waals surface area contributed by atoms with Gasteiger partial charge < -0.3 is 5.32 Å². The van der Waals surface area contributed by atoms with Crippen LogP contribution >= 0.6 is 11.3 Å². The highest BCUT2D eigenvalue weighted by Gasteiger charge is 2.17. The maximum atomic E-state index is 3.69. The average Bonchev–Trinajstić information content (AvgIpc) is 2.89. The Balaban J connectivity index is 2.32. The van der Waals surface area contributed by atoms with E-state index in [0.29, 0.717) is 6.04 Å². The summed E-state index contributed by atoms with van der Waals surface area (Å²) in [6, 6.07) is 11.5. The van der Waals surface area contributed by atoms with E-state index in [-0.39, 0.29) is 0 Å². The van der Waals surface area contributed by atoms with Crippen LogP contribution < -0.4 is 5.32 Å². The monoisotopic (exact) mass is 273 g/mol. The normalized spacial score (nSPS) is 12.6. The van der Waals surface area contributed by atoms with Crippen molar-refractivity contribution in [3.05, 3.63) is 57.3 Å². The SMILES string of the molecule is CCCNC(c1ccc(C)cc1)c1sccc1CC. The molecule has 0 radical (unpaired) electrons. The first-order valence-corrected chi connectivity index (χ1v) is 8.00. The number of rotatable bonds is 6. The highest BCUT2D eigenvalue weighted by atomic mass is 32.1. The minimum absolute atomic E-state index is 0.343. The zero-order chi connectivity index (χ0) is 13.7. The van der Waals surface area contributed by atoms with Crippen molar-refractivity contribution in [3.8, 4) is 0 Å². The number of benzene rings is 1. The highest BCUT2D eigenvalue weighted by molar-refractivity contribution is 7.10. The van der Waals surface area contributed by atoms with E-state index in [1.165, 1.54) is 21.6 Å². The Morgan fingerprint density at radius 3 is 2.47 bits per heavy atom. The molecule has 0 aliphatic carbocycles. The van der Waals surface area contributed by atoms with E-state index in [2.05, 4.69) is 61.8 Å². The maximum absolute atomic E-state index is 3.69. The zero-order valence-electron chi connectivity index (χ0n) is 12.1. The molecule has 102 valence electrons. The second-order valence-electron chi connectivity index (χ2n) is 4.96.